The van der Waals surface area contributed by atoms with Crippen LogP contribution in [0.15, 0.2) is 29.2 Å². The maximum absolute atomic E-state index is 12.5. The zero-order valence-corrected chi connectivity index (χ0v) is 11.2. The third-order valence-electron chi connectivity index (χ3n) is 2.69. The first-order valence-electron chi connectivity index (χ1n) is 5.54. The van der Waals surface area contributed by atoms with Crippen molar-refractivity contribution in [1.82, 2.24) is 0 Å². The summed E-state index contributed by atoms with van der Waals surface area (Å²) < 4.78 is 98.6. The second kappa shape index (κ2) is 5.84. The lowest BCUT2D eigenvalue weighted by atomic mass is 10.2. The second-order valence-electron chi connectivity index (χ2n) is 4.28. The second-order valence-corrected chi connectivity index (χ2v) is 6.32. The lowest BCUT2D eigenvalue weighted by molar-refractivity contribution is -0.165. The fraction of sp³-hybridized carbons (Fsp3) is 0.455. The molecule has 0 aliphatic heterocycles. The maximum Gasteiger partial charge on any atom is 0.416 e. The van der Waals surface area contributed by atoms with E-state index in [2.05, 4.69) is 0 Å². The van der Waals surface area contributed by atoms with E-state index in [1.807, 2.05) is 0 Å². The van der Waals surface area contributed by atoms with E-state index in [4.69, 9.17) is 5.73 Å². The fourth-order valence-corrected chi connectivity index (χ4v) is 3.16. The predicted molar refractivity (Wildman–Crippen MR) is 62.1 cm³/mol. The zero-order valence-electron chi connectivity index (χ0n) is 10.4. The summed E-state index contributed by atoms with van der Waals surface area (Å²) in [6.45, 7) is -0.971. The number of nitrogens with two attached hydrogens (primary N) is 1. The molecule has 21 heavy (non-hydrogen) atoms. The van der Waals surface area contributed by atoms with Gasteiger partial charge in [0.2, 0.25) is 0 Å². The van der Waals surface area contributed by atoms with Crippen LogP contribution in [-0.2, 0) is 16.0 Å². The highest BCUT2D eigenvalue weighted by molar-refractivity contribution is 7.91. The van der Waals surface area contributed by atoms with E-state index in [1.54, 1.807) is 0 Å². The van der Waals surface area contributed by atoms with E-state index in [9.17, 15) is 34.8 Å². The smallest absolute Gasteiger partial charge is 0.330 e. The molecule has 0 amide bonds. The van der Waals surface area contributed by atoms with Gasteiger partial charge in [-0.15, -0.1) is 0 Å². The average Bonchev–Trinajstić information content (AvgIpc) is 2.34. The molecule has 0 fully saturated rings. The van der Waals surface area contributed by atoms with Gasteiger partial charge in [-0.3, -0.25) is 0 Å². The Labute approximate surface area is 116 Å². The van der Waals surface area contributed by atoms with Gasteiger partial charge in [0.1, 0.15) is 0 Å². The summed E-state index contributed by atoms with van der Waals surface area (Å²) in [5.41, 5.74) is 3.63. The molecule has 1 atom stereocenters. The molecule has 1 aromatic rings. The Balaban J connectivity index is 3.15. The van der Waals surface area contributed by atoms with E-state index in [0.29, 0.717) is 12.1 Å². The van der Waals surface area contributed by atoms with Crippen LogP contribution in [0.3, 0.4) is 0 Å². The molecule has 0 radical (unpaired) electrons. The number of sulfone groups is 1. The number of benzene rings is 1. The van der Waals surface area contributed by atoms with Gasteiger partial charge in [-0.05, 0) is 18.2 Å². The van der Waals surface area contributed by atoms with Gasteiger partial charge in [0.25, 0.3) is 0 Å². The van der Waals surface area contributed by atoms with Gasteiger partial charge >= 0.3 is 12.4 Å². The highest BCUT2D eigenvalue weighted by Crippen LogP contribution is 2.32. The number of rotatable bonds is 4. The highest BCUT2D eigenvalue weighted by atomic mass is 32.2. The summed E-state index contributed by atoms with van der Waals surface area (Å²) in [5.74, 6) is -3.73. The third kappa shape index (κ3) is 4.60. The molecule has 0 aliphatic carbocycles. The number of alkyl halides is 6. The SMILES string of the molecule is NCC(CS(=O)(=O)c1cccc(C(F)(F)F)c1)C(F)(F)F. The molecule has 1 aromatic carbocycles. The summed E-state index contributed by atoms with van der Waals surface area (Å²) >= 11 is 0. The largest absolute Gasteiger partial charge is 0.416 e. The molecule has 1 rings (SSSR count). The molecule has 2 N–H and O–H groups in total. The molecule has 0 heterocycles. The topological polar surface area (TPSA) is 60.2 Å². The van der Waals surface area contributed by atoms with E-state index in [-0.39, 0.29) is 0 Å². The molecule has 3 nitrogen and oxygen atoms in total. The fourth-order valence-electron chi connectivity index (χ4n) is 1.52. The van der Waals surface area contributed by atoms with Crippen LogP contribution >= 0.6 is 0 Å². The van der Waals surface area contributed by atoms with Crippen LogP contribution in [0.4, 0.5) is 26.3 Å². The van der Waals surface area contributed by atoms with Gasteiger partial charge in [0, 0.05) is 6.54 Å². The van der Waals surface area contributed by atoms with Crippen LogP contribution in [0.2, 0.25) is 0 Å². The summed E-state index contributed by atoms with van der Waals surface area (Å²) in [6, 6.07) is 2.57. The first-order valence-corrected chi connectivity index (χ1v) is 7.20. The van der Waals surface area contributed by atoms with Crippen LogP contribution in [-0.4, -0.2) is 26.9 Å². The zero-order chi connectivity index (χ0) is 16.5. The minimum Gasteiger partial charge on any atom is -0.330 e. The molecule has 0 spiro atoms. The van der Waals surface area contributed by atoms with Crippen molar-refractivity contribution in [3.8, 4) is 0 Å². The lowest BCUT2D eigenvalue weighted by Crippen LogP contribution is -2.36. The van der Waals surface area contributed by atoms with Gasteiger partial charge in [-0.1, -0.05) is 6.07 Å². The van der Waals surface area contributed by atoms with Crippen LogP contribution < -0.4 is 5.73 Å². The normalized spacial score (nSPS) is 15.0. The van der Waals surface area contributed by atoms with Crippen LogP contribution in [0.1, 0.15) is 5.56 Å². The van der Waals surface area contributed by atoms with Gasteiger partial charge < -0.3 is 5.73 Å². The minimum absolute atomic E-state index is 0.305. The Morgan fingerprint density at radius 1 is 1.10 bits per heavy atom. The molecule has 0 aromatic heterocycles. The van der Waals surface area contributed by atoms with Crippen LogP contribution in [0, 0.1) is 5.92 Å². The average molecular weight is 335 g/mol. The van der Waals surface area contributed by atoms with Crippen molar-refractivity contribution in [3.63, 3.8) is 0 Å². The molecule has 10 heteroatoms. The van der Waals surface area contributed by atoms with Crippen LogP contribution in [0.25, 0.3) is 0 Å². The first kappa shape index (κ1) is 17.8. The van der Waals surface area contributed by atoms with Crippen molar-refractivity contribution in [2.45, 2.75) is 17.2 Å². The van der Waals surface area contributed by atoms with Crippen molar-refractivity contribution in [3.05, 3.63) is 29.8 Å². The maximum atomic E-state index is 12.5. The summed E-state index contributed by atoms with van der Waals surface area (Å²) in [7, 11) is -4.54. The standard InChI is InChI=1S/C11H11F6NO2S/c12-10(13,14)7-2-1-3-9(4-7)21(19,20)6-8(5-18)11(15,16)17/h1-4,8H,5-6,18H2. The van der Waals surface area contributed by atoms with Gasteiger partial charge in [-0.25, -0.2) is 8.42 Å². The Bertz CT molecular complexity index is 593. The molecule has 0 saturated heterocycles. The quantitative estimate of drug-likeness (QED) is 0.861. The monoisotopic (exact) mass is 335 g/mol. The molecule has 0 bridgehead atoms. The molecule has 0 saturated carbocycles. The van der Waals surface area contributed by atoms with E-state index in [0.717, 1.165) is 12.1 Å². The summed E-state index contributed by atoms with van der Waals surface area (Å²) in [4.78, 5) is -0.819. The van der Waals surface area contributed by atoms with Gasteiger partial charge in [0.05, 0.1) is 22.1 Å². The van der Waals surface area contributed by atoms with E-state index >= 15 is 0 Å². The summed E-state index contributed by atoms with van der Waals surface area (Å²) in [5, 5.41) is 0. The molecule has 1 unspecified atom stereocenters. The van der Waals surface area contributed by atoms with E-state index in [1.165, 1.54) is 0 Å². The van der Waals surface area contributed by atoms with Crippen molar-refractivity contribution >= 4 is 9.84 Å². The molecule has 120 valence electrons. The molecular formula is C11H11F6NO2S. The van der Waals surface area contributed by atoms with Crippen LogP contribution in [0.5, 0.6) is 0 Å². The van der Waals surface area contributed by atoms with Gasteiger partial charge in [-0.2, -0.15) is 26.3 Å². The number of hydrogen-bond donors (Lipinski definition) is 1. The summed E-state index contributed by atoms with van der Waals surface area (Å²) in [6.07, 6.45) is -9.63. The minimum atomic E-state index is -4.84. The Hall–Kier alpha value is -1.29. The highest BCUT2D eigenvalue weighted by Gasteiger charge is 2.42. The van der Waals surface area contributed by atoms with Crippen molar-refractivity contribution in [1.29, 1.82) is 0 Å². The Morgan fingerprint density at radius 3 is 2.10 bits per heavy atom. The predicted octanol–water partition coefficient (Wildman–Crippen LogP) is 2.62. The Morgan fingerprint density at radius 2 is 1.67 bits per heavy atom. The van der Waals surface area contributed by atoms with Gasteiger partial charge in [0.15, 0.2) is 9.84 Å². The van der Waals surface area contributed by atoms with Crippen molar-refractivity contribution < 1.29 is 34.8 Å². The number of hydrogen-bond acceptors (Lipinski definition) is 3. The lowest BCUT2D eigenvalue weighted by Gasteiger charge is -2.18. The molecular weight excluding hydrogens is 324 g/mol. The molecule has 0 aliphatic rings. The van der Waals surface area contributed by atoms with Crippen molar-refractivity contribution in [2.24, 2.45) is 11.7 Å². The Kier molecular flexibility index (Phi) is 4.94. The number of halogens is 6. The third-order valence-corrected chi connectivity index (χ3v) is 4.50. The van der Waals surface area contributed by atoms with Crippen molar-refractivity contribution in [2.75, 3.05) is 12.3 Å². The first-order chi connectivity index (χ1) is 9.38. The van der Waals surface area contributed by atoms with E-state index < -0.39 is 50.9 Å².